The van der Waals surface area contributed by atoms with Gasteiger partial charge in [0.05, 0.1) is 7.11 Å². The molecular formula is C17H24N2O. The lowest BCUT2D eigenvalue weighted by Crippen LogP contribution is -2.31. The Morgan fingerprint density at radius 1 is 1.15 bits per heavy atom. The summed E-state index contributed by atoms with van der Waals surface area (Å²) in [5.74, 6) is 1.49. The summed E-state index contributed by atoms with van der Waals surface area (Å²) in [5.41, 5.74) is 7.15. The molecule has 108 valence electrons. The summed E-state index contributed by atoms with van der Waals surface area (Å²) >= 11 is 0. The number of rotatable bonds is 6. The van der Waals surface area contributed by atoms with Crippen molar-refractivity contribution in [2.45, 2.75) is 19.9 Å². The minimum atomic E-state index is 0.110. The first kappa shape index (κ1) is 14.8. The highest BCUT2D eigenvalue weighted by molar-refractivity contribution is 5.88. The largest absolute Gasteiger partial charge is 0.496 e. The number of fused-ring (bicyclic) bond motifs is 1. The van der Waals surface area contributed by atoms with Crippen LogP contribution in [0.2, 0.25) is 0 Å². The molecule has 0 fully saturated rings. The van der Waals surface area contributed by atoms with Gasteiger partial charge in [0.1, 0.15) is 5.75 Å². The molecule has 0 aliphatic heterocycles. The van der Waals surface area contributed by atoms with Crippen LogP contribution in [0.3, 0.4) is 0 Å². The van der Waals surface area contributed by atoms with Crippen LogP contribution in [0, 0.1) is 5.92 Å². The lowest BCUT2D eigenvalue weighted by molar-refractivity contribution is 0.397. The number of hydrogen-bond acceptors (Lipinski definition) is 3. The van der Waals surface area contributed by atoms with Crippen LogP contribution in [0.4, 0.5) is 0 Å². The van der Waals surface area contributed by atoms with Crippen molar-refractivity contribution in [3.63, 3.8) is 0 Å². The monoisotopic (exact) mass is 272 g/mol. The van der Waals surface area contributed by atoms with Crippen molar-refractivity contribution in [1.29, 1.82) is 0 Å². The van der Waals surface area contributed by atoms with E-state index in [-0.39, 0.29) is 6.04 Å². The molecule has 20 heavy (non-hydrogen) atoms. The van der Waals surface area contributed by atoms with E-state index in [1.54, 1.807) is 7.11 Å². The number of benzene rings is 2. The summed E-state index contributed by atoms with van der Waals surface area (Å²) in [5, 5.41) is 5.97. The fourth-order valence-electron chi connectivity index (χ4n) is 2.49. The van der Waals surface area contributed by atoms with Crippen LogP contribution in [-0.4, -0.2) is 20.2 Å². The van der Waals surface area contributed by atoms with Crippen molar-refractivity contribution in [3.8, 4) is 5.75 Å². The van der Waals surface area contributed by atoms with E-state index in [2.05, 4.69) is 49.5 Å². The Labute approximate surface area is 121 Å². The summed E-state index contributed by atoms with van der Waals surface area (Å²) in [7, 11) is 1.71. The Bertz CT molecular complexity index is 566. The van der Waals surface area contributed by atoms with E-state index in [4.69, 9.17) is 10.5 Å². The quantitative estimate of drug-likeness (QED) is 0.849. The third-order valence-corrected chi connectivity index (χ3v) is 3.51. The average Bonchev–Trinajstić information content (AvgIpc) is 2.47. The summed E-state index contributed by atoms with van der Waals surface area (Å²) in [4.78, 5) is 0. The van der Waals surface area contributed by atoms with Gasteiger partial charge in [0.15, 0.2) is 0 Å². The molecule has 0 radical (unpaired) electrons. The Balaban J connectivity index is 2.48. The molecule has 0 aliphatic carbocycles. The highest BCUT2D eigenvalue weighted by Crippen LogP contribution is 2.32. The van der Waals surface area contributed by atoms with Crippen molar-refractivity contribution in [2.24, 2.45) is 11.7 Å². The molecular weight excluding hydrogens is 248 g/mol. The summed E-state index contributed by atoms with van der Waals surface area (Å²) < 4.78 is 5.55. The van der Waals surface area contributed by atoms with Gasteiger partial charge in [-0.15, -0.1) is 0 Å². The van der Waals surface area contributed by atoms with Crippen LogP contribution in [0.1, 0.15) is 25.5 Å². The zero-order valence-electron chi connectivity index (χ0n) is 12.5. The topological polar surface area (TPSA) is 47.3 Å². The maximum absolute atomic E-state index is 5.99. The predicted octanol–water partition coefficient (Wildman–Crippen LogP) is 3.09. The number of ether oxygens (including phenoxy) is 1. The summed E-state index contributed by atoms with van der Waals surface area (Å²) in [6.45, 7) is 5.88. The number of methoxy groups -OCH3 is 1. The van der Waals surface area contributed by atoms with Gasteiger partial charge in [-0.2, -0.15) is 0 Å². The molecule has 0 bridgehead atoms. The molecule has 2 rings (SSSR count). The molecule has 3 heteroatoms. The van der Waals surface area contributed by atoms with Gasteiger partial charge in [-0.05, 0) is 29.3 Å². The van der Waals surface area contributed by atoms with Crippen molar-refractivity contribution in [1.82, 2.24) is 5.32 Å². The van der Waals surface area contributed by atoms with Crippen LogP contribution in [0.5, 0.6) is 5.75 Å². The highest BCUT2D eigenvalue weighted by Gasteiger charge is 2.17. The molecule has 0 saturated carbocycles. The third-order valence-electron chi connectivity index (χ3n) is 3.51. The molecule has 1 atom stereocenters. The molecule has 0 aliphatic rings. The fourth-order valence-corrected chi connectivity index (χ4v) is 2.49. The Hall–Kier alpha value is -1.58. The van der Waals surface area contributed by atoms with Crippen LogP contribution in [0.15, 0.2) is 36.4 Å². The molecule has 0 aromatic heterocycles. The second-order valence-electron chi connectivity index (χ2n) is 5.49. The second-order valence-corrected chi connectivity index (χ2v) is 5.49. The van der Waals surface area contributed by atoms with Crippen LogP contribution < -0.4 is 15.8 Å². The van der Waals surface area contributed by atoms with Crippen molar-refractivity contribution >= 4 is 10.8 Å². The van der Waals surface area contributed by atoms with E-state index >= 15 is 0 Å². The van der Waals surface area contributed by atoms with Gasteiger partial charge in [0.25, 0.3) is 0 Å². The smallest absolute Gasteiger partial charge is 0.124 e. The van der Waals surface area contributed by atoms with Crippen molar-refractivity contribution in [3.05, 3.63) is 42.0 Å². The van der Waals surface area contributed by atoms with E-state index < -0.39 is 0 Å². The van der Waals surface area contributed by atoms with E-state index in [0.717, 1.165) is 17.9 Å². The van der Waals surface area contributed by atoms with Crippen molar-refractivity contribution in [2.75, 3.05) is 20.2 Å². The SMILES string of the molecule is COc1ccc2ccccc2c1C(CN)NCC(C)C. The molecule has 0 amide bonds. The highest BCUT2D eigenvalue weighted by atomic mass is 16.5. The van der Waals surface area contributed by atoms with E-state index in [9.17, 15) is 0 Å². The summed E-state index contributed by atoms with van der Waals surface area (Å²) in [6.07, 6.45) is 0. The Morgan fingerprint density at radius 2 is 1.90 bits per heavy atom. The number of hydrogen-bond donors (Lipinski definition) is 2. The molecule has 2 aromatic carbocycles. The molecule has 2 aromatic rings. The average molecular weight is 272 g/mol. The minimum Gasteiger partial charge on any atom is -0.496 e. The maximum atomic E-state index is 5.99. The standard InChI is InChI=1S/C17H24N2O/c1-12(2)11-19-15(10-18)17-14-7-5-4-6-13(14)8-9-16(17)20-3/h4-9,12,15,19H,10-11,18H2,1-3H3. The van der Waals surface area contributed by atoms with Crippen LogP contribution in [-0.2, 0) is 0 Å². The number of nitrogens with two attached hydrogens (primary N) is 1. The lowest BCUT2D eigenvalue weighted by Gasteiger charge is -2.23. The van der Waals surface area contributed by atoms with Gasteiger partial charge in [0, 0.05) is 18.2 Å². The fraction of sp³-hybridized carbons (Fsp3) is 0.412. The lowest BCUT2D eigenvalue weighted by atomic mass is 9.97. The Kier molecular flexibility index (Phi) is 4.99. The predicted molar refractivity (Wildman–Crippen MR) is 85.1 cm³/mol. The minimum absolute atomic E-state index is 0.110. The number of nitrogens with one attached hydrogen (secondary N) is 1. The molecule has 3 nitrogen and oxygen atoms in total. The zero-order valence-corrected chi connectivity index (χ0v) is 12.5. The summed E-state index contributed by atoms with van der Waals surface area (Å²) in [6, 6.07) is 12.6. The van der Waals surface area contributed by atoms with Gasteiger partial charge < -0.3 is 15.8 Å². The van der Waals surface area contributed by atoms with E-state index in [1.807, 2.05) is 6.07 Å². The third kappa shape index (κ3) is 3.11. The molecule has 0 saturated heterocycles. The second kappa shape index (κ2) is 6.73. The van der Waals surface area contributed by atoms with Gasteiger partial charge in [0.2, 0.25) is 0 Å². The first-order chi connectivity index (χ1) is 9.67. The van der Waals surface area contributed by atoms with E-state index in [0.29, 0.717) is 12.5 Å². The molecule has 3 N–H and O–H groups in total. The maximum Gasteiger partial charge on any atom is 0.124 e. The van der Waals surface area contributed by atoms with Crippen LogP contribution in [0.25, 0.3) is 10.8 Å². The first-order valence-corrected chi connectivity index (χ1v) is 7.16. The van der Waals surface area contributed by atoms with Crippen LogP contribution >= 0.6 is 0 Å². The van der Waals surface area contributed by atoms with Crippen molar-refractivity contribution < 1.29 is 4.74 Å². The zero-order chi connectivity index (χ0) is 14.5. The molecule has 0 heterocycles. The molecule has 0 spiro atoms. The van der Waals surface area contributed by atoms with E-state index in [1.165, 1.54) is 10.8 Å². The normalized spacial score (nSPS) is 12.8. The van der Waals surface area contributed by atoms with Gasteiger partial charge in [-0.1, -0.05) is 44.2 Å². The van der Waals surface area contributed by atoms with Gasteiger partial charge >= 0.3 is 0 Å². The Morgan fingerprint density at radius 3 is 2.55 bits per heavy atom. The first-order valence-electron chi connectivity index (χ1n) is 7.16. The molecule has 1 unspecified atom stereocenters. The van der Waals surface area contributed by atoms with Gasteiger partial charge in [-0.3, -0.25) is 0 Å². The van der Waals surface area contributed by atoms with Gasteiger partial charge in [-0.25, -0.2) is 0 Å².